The summed E-state index contributed by atoms with van der Waals surface area (Å²) in [6, 6.07) is 14.7. The van der Waals surface area contributed by atoms with Crippen LogP contribution in [0, 0.1) is 0 Å². The Hall–Kier alpha value is -2.06. The highest BCUT2D eigenvalue weighted by molar-refractivity contribution is 6.08. The van der Waals surface area contributed by atoms with Gasteiger partial charge in [0.05, 0.1) is 12.2 Å². The molecule has 0 saturated carbocycles. The van der Waals surface area contributed by atoms with Crippen LogP contribution in [-0.2, 0) is 4.74 Å². The van der Waals surface area contributed by atoms with Gasteiger partial charge in [0.2, 0.25) is 0 Å². The molecule has 2 unspecified atom stereocenters. The first kappa shape index (κ1) is 11.6. The van der Waals surface area contributed by atoms with E-state index in [9.17, 15) is 0 Å². The highest BCUT2D eigenvalue weighted by Gasteiger charge is 2.30. The molecule has 2 nitrogen and oxygen atoms in total. The number of para-hydroxylation sites is 2. The maximum atomic E-state index is 6.15. The van der Waals surface area contributed by atoms with Crippen LogP contribution >= 0.6 is 0 Å². The van der Waals surface area contributed by atoms with Gasteiger partial charge in [-0.25, -0.2) is 0 Å². The van der Waals surface area contributed by atoms with Gasteiger partial charge in [-0.15, -0.1) is 0 Å². The number of hydrogen-bond donors (Lipinski definition) is 0. The molecule has 2 bridgehead atoms. The van der Waals surface area contributed by atoms with Crippen molar-refractivity contribution in [2.24, 2.45) is 0 Å². The summed E-state index contributed by atoms with van der Waals surface area (Å²) in [5.41, 5.74) is 4.61. The van der Waals surface area contributed by atoms with E-state index in [1.54, 1.807) is 0 Å². The Morgan fingerprint density at radius 3 is 2.76 bits per heavy atom. The molecule has 0 N–H and O–H groups in total. The van der Waals surface area contributed by atoms with Gasteiger partial charge in [0, 0.05) is 16.3 Å². The third-order valence-corrected chi connectivity index (χ3v) is 4.73. The molecule has 0 radical (unpaired) electrons. The molecular formula is C19H16O2. The Labute approximate surface area is 123 Å². The second-order valence-corrected chi connectivity index (χ2v) is 6.05. The number of furan rings is 1. The van der Waals surface area contributed by atoms with E-state index in [2.05, 4.69) is 36.4 Å². The second kappa shape index (κ2) is 4.22. The van der Waals surface area contributed by atoms with E-state index in [0.717, 1.165) is 24.0 Å². The summed E-state index contributed by atoms with van der Waals surface area (Å²) in [4.78, 5) is 0. The van der Waals surface area contributed by atoms with Crippen LogP contribution in [0.3, 0.4) is 0 Å². The minimum absolute atomic E-state index is 0.304. The molecule has 1 fully saturated rings. The predicted octanol–water partition coefficient (Wildman–Crippen LogP) is 4.92. The van der Waals surface area contributed by atoms with E-state index in [-0.39, 0.29) is 0 Å². The van der Waals surface area contributed by atoms with Gasteiger partial charge in [-0.1, -0.05) is 42.5 Å². The molecule has 0 amide bonds. The number of rotatable bonds is 1. The van der Waals surface area contributed by atoms with Gasteiger partial charge < -0.3 is 9.15 Å². The Bertz CT molecular complexity index is 872. The largest absolute Gasteiger partial charge is 0.455 e. The van der Waals surface area contributed by atoms with Gasteiger partial charge in [0.15, 0.2) is 0 Å². The zero-order chi connectivity index (χ0) is 13.8. The highest BCUT2D eigenvalue weighted by Crippen LogP contribution is 2.40. The van der Waals surface area contributed by atoms with Gasteiger partial charge in [-0.2, -0.15) is 0 Å². The smallest absolute Gasteiger partial charge is 0.142 e. The number of fused-ring (bicyclic) bond motifs is 5. The van der Waals surface area contributed by atoms with Crippen LogP contribution in [0.4, 0.5) is 0 Å². The van der Waals surface area contributed by atoms with Crippen molar-refractivity contribution in [3.63, 3.8) is 0 Å². The van der Waals surface area contributed by atoms with Crippen molar-refractivity contribution in [3.8, 4) is 0 Å². The number of ether oxygens (including phenoxy) is 1. The quantitative estimate of drug-likeness (QED) is 0.629. The molecule has 1 aromatic heterocycles. The lowest BCUT2D eigenvalue weighted by Gasteiger charge is -2.20. The molecule has 0 spiro atoms. The third-order valence-electron chi connectivity index (χ3n) is 4.73. The van der Waals surface area contributed by atoms with Crippen LogP contribution in [0.1, 0.15) is 24.8 Å². The molecule has 2 heteroatoms. The first-order chi connectivity index (χ1) is 10.4. The molecule has 0 aliphatic carbocycles. The summed E-state index contributed by atoms with van der Waals surface area (Å²) >= 11 is 0. The molecular weight excluding hydrogens is 260 g/mol. The maximum Gasteiger partial charge on any atom is 0.142 e. The van der Waals surface area contributed by atoms with Crippen molar-refractivity contribution in [3.05, 3.63) is 54.1 Å². The molecule has 2 aliphatic heterocycles. The first-order valence-electron chi connectivity index (χ1n) is 7.65. The zero-order valence-electron chi connectivity index (χ0n) is 11.7. The molecule has 21 heavy (non-hydrogen) atoms. The second-order valence-electron chi connectivity index (χ2n) is 6.05. The normalized spacial score (nSPS) is 24.7. The maximum absolute atomic E-state index is 6.15. The summed E-state index contributed by atoms with van der Waals surface area (Å²) in [6.45, 7) is 0. The van der Waals surface area contributed by atoms with Crippen LogP contribution in [0.25, 0.3) is 27.5 Å². The van der Waals surface area contributed by atoms with Crippen molar-refractivity contribution in [1.29, 1.82) is 0 Å². The third kappa shape index (κ3) is 1.69. The topological polar surface area (TPSA) is 22.4 Å². The monoisotopic (exact) mass is 276 g/mol. The molecule has 2 atom stereocenters. The van der Waals surface area contributed by atoms with Crippen molar-refractivity contribution < 1.29 is 9.15 Å². The van der Waals surface area contributed by atoms with Crippen LogP contribution in [0.5, 0.6) is 0 Å². The lowest BCUT2D eigenvalue weighted by molar-refractivity contribution is 0.0672. The van der Waals surface area contributed by atoms with Crippen LogP contribution in [-0.4, -0.2) is 12.2 Å². The van der Waals surface area contributed by atoms with E-state index < -0.39 is 0 Å². The lowest BCUT2D eigenvalue weighted by Crippen LogP contribution is -2.15. The molecule has 3 heterocycles. The molecule has 2 aromatic carbocycles. The van der Waals surface area contributed by atoms with Crippen LogP contribution in [0.15, 0.2) is 53.0 Å². The van der Waals surface area contributed by atoms with Gasteiger partial charge in [0.1, 0.15) is 11.2 Å². The summed E-state index contributed by atoms with van der Waals surface area (Å²) in [5, 5.41) is 2.41. The van der Waals surface area contributed by atoms with Crippen LogP contribution < -0.4 is 0 Å². The fourth-order valence-corrected chi connectivity index (χ4v) is 3.74. The van der Waals surface area contributed by atoms with E-state index in [4.69, 9.17) is 9.15 Å². The summed E-state index contributed by atoms with van der Waals surface area (Å²) in [6.07, 6.45) is 6.34. The van der Waals surface area contributed by atoms with E-state index in [1.165, 1.54) is 28.3 Å². The molecule has 1 saturated heterocycles. The van der Waals surface area contributed by atoms with Crippen molar-refractivity contribution in [1.82, 2.24) is 0 Å². The highest BCUT2D eigenvalue weighted by atomic mass is 16.5. The molecule has 2 aliphatic rings. The van der Waals surface area contributed by atoms with Crippen LogP contribution in [0.2, 0.25) is 0 Å². The lowest BCUT2D eigenvalue weighted by atomic mass is 9.96. The minimum Gasteiger partial charge on any atom is -0.455 e. The average molecular weight is 276 g/mol. The Kier molecular flexibility index (Phi) is 2.33. The van der Waals surface area contributed by atoms with E-state index in [0.29, 0.717) is 12.2 Å². The number of benzene rings is 2. The summed E-state index contributed by atoms with van der Waals surface area (Å²) < 4.78 is 12.1. The Morgan fingerprint density at radius 1 is 0.905 bits per heavy atom. The van der Waals surface area contributed by atoms with Crippen molar-refractivity contribution in [2.75, 3.05) is 0 Å². The summed E-state index contributed by atoms with van der Waals surface area (Å²) in [7, 11) is 0. The Balaban J connectivity index is 1.76. The molecule has 3 aromatic rings. The predicted molar refractivity (Wildman–Crippen MR) is 84.2 cm³/mol. The Morgan fingerprint density at radius 2 is 1.81 bits per heavy atom. The SMILES string of the molecule is C1=C(c2cccc3c2oc2ccccc23)CC2CCC1O2. The molecule has 104 valence electrons. The summed E-state index contributed by atoms with van der Waals surface area (Å²) in [5.74, 6) is 0. The van der Waals surface area contributed by atoms with Gasteiger partial charge in [-0.05, 0) is 30.9 Å². The zero-order valence-corrected chi connectivity index (χ0v) is 11.7. The standard InChI is InChI=1S/C19H16O2/c1-2-7-18-16(4-1)17-6-3-5-15(19(17)21-18)12-10-13-8-9-14(11-12)20-13/h1-7,10,13-14H,8-9,11H2. The van der Waals surface area contributed by atoms with E-state index in [1.807, 2.05) is 12.1 Å². The first-order valence-corrected chi connectivity index (χ1v) is 7.65. The minimum atomic E-state index is 0.304. The number of hydrogen-bond acceptors (Lipinski definition) is 2. The molecule has 5 rings (SSSR count). The van der Waals surface area contributed by atoms with Gasteiger partial charge >= 0.3 is 0 Å². The van der Waals surface area contributed by atoms with E-state index >= 15 is 0 Å². The fourth-order valence-electron chi connectivity index (χ4n) is 3.74. The van der Waals surface area contributed by atoms with Crippen molar-refractivity contribution >= 4 is 27.5 Å². The van der Waals surface area contributed by atoms with Crippen molar-refractivity contribution in [2.45, 2.75) is 31.5 Å². The van der Waals surface area contributed by atoms with Gasteiger partial charge in [-0.3, -0.25) is 0 Å². The average Bonchev–Trinajstić information content (AvgIpc) is 3.06. The van der Waals surface area contributed by atoms with Gasteiger partial charge in [0.25, 0.3) is 0 Å². The fraction of sp³-hybridized carbons (Fsp3) is 0.263.